The van der Waals surface area contributed by atoms with Crippen LogP contribution in [0, 0.1) is 6.92 Å². The molecule has 0 atom stereocenters. The average Bonchev–Trinajstić information content (AvgIpc) is 3.01. The molecule has 1 aromatic heterocycles. The normalized spacial score (nSPS) is 10.7. The van der Waals surface area contributed by atoms with E-state index in [0.717, 1.165) is 10.9 Å². The van der Waals surface area contributed by atoms with Crippen LogP contribution >= 0.6 is 0 Å². The molecule has 1 heterocycles. The Morgan fingerprint density at radius 1 is 1.08 bits per heavy atom. The summed E-state index contributed by atoms with van der Waals surface area (Å²) >= 11 is 0. The van der Waals surface area contributed by atoms with Gasteiger partial charge in [-0.2, -0.15) is 0 Å². The molecule has 26 heavy (non-hydrogen) atoms. The standard InChI is InChI=1S/C20H19NO5/c1-13-7-9-14(10-8-13)21-18(22)12-25-20(23)19-16(11-24-2)15-5-3-4-6-17(15)26-19/h3-10H,11-12H2,1-2H3,(H,21,22). The quantitative estimate of drug-likeness (QED) is 0.684. The smallest absolute Gasteiger partial charge is 0.375 e. The number of nitrogens with one attached hydrogen (secondary N) is 1. The van der Waals surface area contributed by atoms with Crippen molar-refractivity contribution < 1.29 is 23.5 Å². The number of esters is 1. The fraction of sp³-hybridized carbons (Fsp3) is 0.200. The third-order valence-corrected chi connectivity index (χ3v) is 3.84. The molecule has 134 valence electrons. The Morgan fingerprint density at radius 2 is 1.81 bits per heavy atom. The molecule has 0 radical (unpaired) electrons. The second kappa shape index (κ2) is 7.84. The molecule has 0 fully saturated rings. The summed E-state index contributed by atoms with van der Waals surface area (Å²) in [5.41, 5.74) is 2.90. The lowest BCUT2D eigenvalue weighted by Crippen LogP contribution is -2.21. The molecule has 0 unspecified atom stereocenters. The highest BCUT2D eigenvalue weighted by atomic mass is 16.5. The Bertz CT molecular complexity index is 927. The molecule has 0 aliphatic rings. The number of carbonyl (C=O) groups excluding carboxylic acids is 2. The number of hydrogen-bond donors (Lipinski definition) is 1. The lowest BCUT2D eigenvalue weighted by Gasteiger charge is -2.07. The van der Waals surface area contributed by atoms with Gasteiger partial charge in [0.2, 0.25) is 5.76 Å². The van der Waals surface area contributed by atoms with E-state index in [0.29, 0.717) is 16.8 Å². The van der Waals surface area contributed by atoms with Crippen LogP contribution in [0.15, 0.2) is 52.9 Å². The van der Waals surface area contributed by atoms with E-state index in [1.165, 1.54) is 7.11 Å². The molecule has 6 nitrogen and oxygen atoms in total. The molecule has 0 aliphatic heterocycles. The van der Waals surface area contributed by atoms with E-state index in [1.54, 1.807) is 18.2 Å². The number of carbonyl (C=O) groups is 2. The summed E-state index contributed by atoms with van der Waals surface area (Å²) in [6, 6.07) is 14.6. The van der Waals surface area contributed by atoms with Gasteiger partial charge in [0, 0.05) is 23.7 Å². The van der Waals surface area contributed by atoms with Gasteiger partial charge in [0.05, 0.1) is 6.61 Å². The van der Waals surface area contributed by atoms with Gasteiger partial charge in [-0.3, -0.25) is 4.79 Å². The third-order valence-electron chi connectivity index (χ3n) is 3.84. The molecule has 0 bridgehead atoms. The van der Waals surface area contributed by atoms with Crippen molar-refractivity contribution in [3.63, 3.8) is 0 Å². The van der Waals surface area contributed by atoms with Crippen LogP contribution in [0.4, 0.5) is 5.69 Å². The van der Waals surface area contributed by atoms with Gasteiger partial charge in [-0.15, -0.1) is 0 Å². The first kappa shape index (κ1) is 17.7. The van der Waals surface area contributed by atoms with Crippen LogP contribution in [0.1, 0.15) is 21.7 Å². The monoisotopic (exact) mass is 353 g/mol. The predicted octanol–water partition coefficient (Wildman–Crippen LogP) is 3.68. The summed E-state index contributed by atoms with van der Waals surface area (Å²) in [6.07, 6.45) is 0. The zero-order valence-electron chi connectivity index (χ0n) is 14.6. The number of para-hydroxylation sites is 1. The number of methoxy groups -OCH3 is 1. The molecule has 2 aromatic carbocycles. The van der Waals surface area contributed by atoms with Gasteiger partial charge in [0.25, 0.3) is 5.91 Å². The van der Waals surface area contributed by atoms with Crippen LogP contribution in [0.25, 0.3) is 11.0 Å². The molecule has 1 N–H and O–H groups in total. The van der Waals surface area contributed by atoms with Crippen molar-refractivity contribution >= 4 is 28.5 Å². The summed E-state index contributed by atoms with van der Waals surface area (Å²) in [7, 11) is 1.53. The van der Waals surface area contributed by atoms with Crippen LogP contribution in [0.5, 0.6) is 0 Å². The highest BCUT2D eigenvalue weighted by Crippen LogP contribution is 2.27. The Kier molecular flexibility index (Phi) is 5.34. The Labute approximate surface area is 150 Å². The third kappa shape index (κ3) is 3.92. The molecule has 0 saturated carbocycles. The maximum absolute atomic E-state index is 12.4. The minimum absolute atomic E-state index is 0.0520. The highest BCUT2D eigenvalue weighted by molar-refractivity contribution is 5.98. The van der Waals surface area contributed by atoms with E-state index < -0.39 is 18.5 Å². The number of benzene rings is 2. The molecule has 3 rings (SSSR count). The first-order valence-electron chi connectivity index (χ1n) is 8.11. The summed E-state index contributed by atoms with van der Waals surface area (Å²) < 4.78 is 15.8. The van der Waals surface area contributed by atoms with Crippen molar-refractivity contribution in [1.82, 2.24) is 0 Å². The van der Waals surface area contributed by atoms with Crippen LogP contribution < -0.4 is 5.32 Å². The number of amides is 1. The van der Waals surface area contributed by atoms with Crippen molar-refractivity contribution in [2.75, 3.05) is 19.0 Å². The van der Waals surface area contributed by atoms with Crippen LogP contribution in [0.3, 0.4) is 0 Å². The number of fused-ring (bicyclic) bond motifs is 1. The minimum Gasteiger partial charge on any atom is -0.450 e. The van der Waals surface area contributed by atoms with E-state index in [9.17, 15) is 9.59 Å². The first-order valence-corrected chi connectivity index (χ1v) is 8.11. The van der Waals surface area contributed by atoms with Gasteiger partial charge in [-0.1, -0.05) is 35.9 Å². The highest BCUT2D eigenvalue weighted by Gasteiger charge is 2.22. The molecule has 1 amide bonds. The first-order chi connectivity index (χ1) is 12.6. The fourth-order valence-electron chi connectivity index (χ4n) is 2.58. The molecule has 0 spiro atoms. The van der Waals surface area contributed by atoms with Gasteiger partial charge in [0.15, 0.2) is 6.61 Å². The van der Waals surface area contributed by atoms with Gasteiger partial charge < -0.3 is 19.2 Å². The van der Waals surface area contributed by atoms with Gasteiger partial charge in [0.1, 0.15) is 5.58 Å². The van der Waals surface area contributed by atoms with E-state index in [1.807, 2.05) is 37.3 Å². The molecular formula is C20H19NO5. The zero-order chi connectivity index (χ0) is 18.5. The van der Waals surface area contributed by atoms with Gasteiger partial charge >= 0.3 is 5.97 Å². The van der Waals surface area contributed by atoms with E-state index in [4.69, 9.17) is 13.9 Å². The lowest BCUT2D eigenvalue weighted by molar-refractivity contribution is -0.119. The van der Waals surface area contributed by atoms with E-state index >= 15 is 0 Å². The summed E-state index contributed by atoms with van der Waals surface area (Å²) in [4.78, 5) is 24.3. The van der Waals surface area contributed by atoms with Crippen LogP contribution in [-0.4, -0.2) is 25.6 Å². The molecule has 6 heteroatoms. The number of ether oxygens (including phenoxy) is 2. The van der Waals surface area contributed by atoms with Gasteiger partial charge in [-0.05, 0) is 25.1 Å². The number of furan rings is 1. The van der Waals surface area contributed by atoms with Crippen LogP contribution in [0.2, 0.25) is 0 Å². The Balaban J connectivity index is 1.68. The van der Waals surface area contributed by atoms with Crippen molar-refractivity contribution in [2.24, 2.45) is 0 Å². The molecule has 0 saturated heterocycles. The average molecular weight is 353 g/mol. The minimum atomic E-state index is -0.702. The Hall–Kier alpha value is -3.12. The second-order valence-electron chi connectivity index (χ2n) is 5.83. The van der Waals surface area contributed by atoms with Crippen molar-refractivity contribution in [2.45, 2.75) is 13.5 Å². The zero-order valence-corrected chi connectivity index (χ0v) is 14.6. The number of aryl methyl sites for hydroxylation is 1. The number of rotatable bonds is 6. The summed E-state index contributed by atoms with van der Waals surface area (Å²) in [6.45, 7) is 1.76. The molecule has 3 aromatic rings. The predicted molar refractivity (Wildman–Crippen MR) is 97.0 cm³/mol. The molecule has 0 aliphatic carbocycles. The largest absolute Gasteiger partial charge is 0.450 e. The topological polar surface area (TPSA) is 77.8 Å². The second-order valence-corrected chi connectivity index (χ2v) is 5.83. The maximum Gasteiger partial charge on any atom is 0.375 e. The number of anilines is 1. The fourth-order valence-corrected chi connectivity index (χ4v) is 2.58. The number of hydrogen-bond acceptors (Lipinski definition) is 5. The maximum atomic E-state index is 12.4. The SMILES string of the molecule is COCc1c(C(=O)OCC(=O)Nc2ccc(C)cc2)oc2ccccc12. The Morgan fingerprint density at radius 3 is 2.54 bits per heavy atom. The van der Waals surface area contributed by atoms with Gasteiger partial charge in [-0.25, -0.2) is 4.79 Å². The van der Waals surface area contributed by atoms with E-state index in [2.05, 4.69) is 5.32 Å². The van der Waals surface area contributed by atoms with Crippen LogP contribution in [-0.2, 0) is 20.9 Å². The van der Waals surface area contributed by atoms with Crippen molar-refractivity contribution in [3.05, 3.63) is 65.4 Å². The van der Waals surface area contributed by atoms with Crippen molar-refractivity contribution in [1.29, 1.82) is 0 Å². The lowest BCUT2D eigenvalue weighted by atomic mass is 10.1. The summed E-state index contributed by atoms with van der Waals surface area (Å²) in [5, 5.41) is 3.45. The molecular weight excluding hydrogens is 334 g/mol. The summed E-state index contributed by atoms with van der Waals surface area (Å²) in [5.74, 6) is -1.07. The van der Waals surface area contributed by atoms with E-state index in [-0.39, 0.29) is 12.4 Å². The van der Waals surface area contributed by atoms with Crippen molar-refractivity contribution in [3.8, 4) is 0 Å².